The monoisotopic (exact) mass is 263 g/mol. The van der Waals surface area contributed by atoms with Gasteiger partial charge in [-0.3, -0.25) is 4.79 Å². The summed E-state index contributed by atoms with van der Waals surface area (Å²) in [6.07, 6.45) is 6.52. The highest BCUT2D eigenvalue weighted by atomic mass is 16.2. The largest absolute Gasteiger partial charge is 0.348 e. The zero-order valence-corrected chi connectivity index (χ0v) is 11.3. The second-order valence-electron chi connectivity index (χ2n) is 5.74. The van der Waals surface area contributed by atoms with Crippen LogP contribution in [0.3, 0.4) is 0 Å². The maximum Gasteiger partial charge on any atom is 0.273 e. The van der Waals surface area contributed by atoms with Gasteiger partial charge in [0.15, 0.2) is 5.69 Å². The lowest BCUT2D eigenvalue weighted by Crippen LogP contribution is -2.43. The van der Waals surface area contributed by atoms with E-state index in [-0.39, 0.29) is 11.9 Å². The summed E-state index contributed by atoms with van der Waals surface area (Å²) in [6.45, 7) is 4.02. The van der Waals surface area contributed by atoms with Crippen LogP contribution in [-0.2, 0) is 0 Å². The van der Waals surface area contributed by atoms with Gasteiger partial charge in [-0.05, 0) is 18.8 Å². The van der Waals surface area contributed by atoms with Gasteiger partial charge in [0.25, 0.3) is 5.91 Å². The van der Waals surface area contributed by atoms with Crippen molar-refractivity contribution in [1.29, 1.82) is 0 Å². The standard InChI is InChI=1S/C13H21N5O/c1-9-4-2-3-5-11(9)15-13(19)12-8-18(17-16-12)10-6-14-7-10/h8-11,14H,2-7H2,1H3,(H,15,19). The molecular weight excluding hydrogens is 242 g/mol. The first-order valence-electron chi connectivity index (χ1n) is 7.17. The molecule has 2 N–H and O–H groups in total. The van der Waals surface area contributed by atoms with Gasteiger partial charge in [-0.1, -0.05) is 25.0 Å². The second kappa shape index (κ2) is 5.28. The fourth-order valence-corrected chi connectivity index (χ4v) is 2.79. The van der Waals surface area contributed by atoms with Crippen molar-refractivity contribution in [3.8, 4) is 0 Å². The number of hydrogen-bond donors (Lipinski definition) is 2. The SMILES string of the molecule is CC1CCCCC1NC(=O)c1cn(C2CNC2)nn1. The summed E-state index contributed by atoms with van der Waals surface area (Å²) >= 11 is 0. The molecule has 3 rings (SSSR count). The van der Waals surface area contributed by atoms with Crippen LogP contribution in [0.2, 0.25) is 0 Å². The Balaban J connectivity index is 1.61. The Labute approximate surface area is 112 Å². The zero-order valence-electron chi connectivity index (χ0n) is 11.3. The molecule has 2 aliphatic rings. The van der Waals surface area contributed by atoms with Gasteiger partial charge >= 0.3 is 0 Å². The molecule has 0 bridgehead atoms. The molecule has 6 nitrogen and oxygen atoms in total. The maximum atomic E-state index is 12.2. The summed E-state index contributed by atoms with van der Waals surface area (Å²) in [5.74, 6) is 0.473. The van der Waals surface area contributed by atoms with Crippen molar-refractivity contribution in [2.75, 3.05) is 13.1 Å². The van der Waals surface area contributed by atoms with E-state index in [9.17, 15) is 4.79 Å². The fraction of sp³-hybridized carbons (Fsp3) is 0.769. The van der Waals surface area contributed by atoms with Crippen LogP contribution in [0.1, 0.15) is 49.1 Å². The molecule has 1 aromatic rings. The lowest BCUT2D eigenvalue weighted by atomic mass is 9.86. The molecule has 0 spiro atoms. The second-order valence-corrected chi connectivity index (χ2v) is 5.74. The van der Waals surface area contributed by atoms with E-state index in [1.807, 2.05) is 0 Å². The molecule has 1 saturated carbocycles. The summed E-state index contributed by atoms with van der Waals surface area (Å²) in [5.41, 5.74) is 0.435. The number of amides is 1. The summed E-state index contributed by atoms with van der Waals surface area (Å²) in [6, 6.07) is 0.638. The zero-order chi connectivity index (χ0) is 13.2. The van der Waals surface area contributed by atoms with Gasteiger partial charge in [-0.15, -0.1) is 5.10 Å². The smallest absolute Gasteiger partial charge is 0.273 e. The number of carbonyl (C=O) groups excluding carboxylic acids is 1. The molecule has 0 aromatic carbocycles. The van der Waals surface area contributed by atoms with Crippen molar-refractivity contribution in [1.82, 2.24) is 25.6 Å². The molecule has 1 aliphatic heterocycles. The Kier molecular flexibility index (Phi) is 3.50. The fourth-order valence-electron chi connectivity index (χ4n) is 2.79. The van der Waals surface area contributed by atoms with Gasteiger partial charge in [0.1, 0.15) is 0 Å². The Morgan fingerprint density at radius 1 is 1.42 bits per heavy atom. The molecule has 1 saturated heterocycles. The number of carbonyl (C=O) groups is 1. The van der Waals surface area contributed by atoms with Gasteiger partial charge in [0.2, 0.25) is 0 Å². The first-order valence-corrected chi connectivity index (χ1v) is 7.17. The van der Waals surface area contributed by atoms with Crippen LogP contribution in [0.4, 0.5) is 0 Å². The van der Waals surface area contributed by atoms with Gasteiger partial charge in [-0.2, -0.15) is 0 Å². The number of rotatable bonds is 3. The van der Waals surface area contributed by atoms with Gasteiger partial charge in [0.05, 0.1) is 12.2 Å². The van der Waals surface area contributed by atoms with Crippen molar-refractivity contribution in [3.63, 3.8) is 0 Å². The van der Waals surface area contributed by atoms with E-state index >= 15 is 0 Å². The lowest BCUT2D eigenvalue weighted by Gasteiger charge is -2.29. The molecule has 2 heterocycles. The van der Waals surface area contributed by atoms with Gasteiger partial charge in [0, 0.05) is 19.1 Å². The molecule has 1 aliphatic carbocycles. The van der Waals surface area contributed by atoms with Crippen LogP contribution in [-0.4, -0.2) is 40.0 Å². The van der Waals surface area contributed by atoms with Crippen molar-refractivity contribution >= 4 is 5.91 Å². The van der Waals surface area contributed by atoms with Crippen molar-refractivity contribution in [2.45, 2.75) is 44.7 Å². The molecule has 6 heteroatoms. The highest BCUT2D eigenvalue weighted by Crippen LogP contribution is 2.23. The predicted octanol–water partition coefficient (Wildman–Crippen LogP) is 0.731. The number of nitrogens with one attached hydrogen (secondary N) is 2. The Hall–Kier alpha value is -1.43. The van der Waals surface area contributed by atoms with E-state index in [0.29, 0.717) is 17.7 Å². The minimum atomic E-state index is -0.0858. The quantitative estimate of drug-likeness (QED) is 0.843. The molecule has 1 amide bonds. The highest BCUT2D eigenvalue weighted by molar-refractivity contribution is 5.92. The van der Waals surface area contributed by atoms with Crippen molar-refractivity contribution < 1.29 is 4.79 Å². The Morgan fingerprint density at radius 3 is 2.89 bits per heavy atom. The summed E-state index contributed by atoms with van der Waals surface area (Å²) in [4.78, 5) is 12.2. The van der Waals surface area contributed by atoms with Gasteiger partial charge < -0.3 is 10.6 Å². The average Bonchev–Trinajstić information content (AvgIpc) is 2.79. The molecule has 2 unspecified atom stereocenters. The van der Waals surface area contributed by atoms with Gasteiger partial charge in [-0.25, -0.2) is 4.68 Å². The minimum absolute atomic E-state index is 0.0858. The summed E-state index contributed by atoms with van der Waals surface area (Å²) < 4.78 is 1.79. The molecule has 2 atom stereocenters. The first-order chi connectivity index (χ1) is 9.24. The molecular formula is C13H21N5O. The Morgan fingerprint density at radius 2 is 2.21 bits per heavy atom. The van der Waals surface area contributed by atoms with E-state index < -0.39 is 0 Å². The lowest BCUT2D eigenvalue weighted by molar-refractivity contribution is 0.0905. The van der Waals surface area contributed by atoms with Crippen LogP contribution in [0.5, 0.6) is 0 Å². The first kappa shape index (κ1) is 12.6. The third kappa shape index (κ3) is 2.63. The van der Waals surface area contributed by atoms with Crippen LogP contribution in [0, 0.1) is 5.92 Å². The Bertz CT molecular complexity index is 454. The van der Waals surface area contributed by atoms with Crippen molar-refractivity contribution in [2.24, 2.45) is 5.92 Å². The maximum absolute atomic E-state index is 12.2. The normalized spacial score (nSPS) is 27.8. The summed E-state index contributed by atoms with van der Waals surface area (Å²) in [5, 5.41) is 14.3. The van der Waals surface area contributed by atoms with E-state index in [0.717, 1.165) is 19.5 Å². The highest BCUT2D eigenvalue weighted by Gasteiger charge is 2.25. The van der Waals surface area contributed by atoms with Crippen LogP contribution >= 0.6 is 0 Å². The molecule has 2 fully saturated rings. The van der Waals surface area contributed by atoms with E-state index in [1.54, 1.807) is 10.9 Å². The molecule has 104 valence electrons. The number of aromatic nitrogens is 3. The molecule has 1 aromatic heterocycles. The third-order valence-corrected chi connectivity index (χ3v) is 4.30. The average molecular weight is 263 g/mol. The summed E-state index contributed by atoms with van der Waals surface area (Å²) in [7, 11) is 0. The number of nitrogens with zero attached hydrogens (tertiary/aromatic N) is 3. The van der Waals surface area contributed by atoms with Crippen LogP contribution in [0.25, 0.3) is 0 Å². The van der Waals surface area contributed by atoms with Crippen LogP contribution < -0.4 is 10.6 Å². The topological polar surface area (TPSA) is 71.8 Å². The minimum Gasteiger partial charge on any atom is -0.348 e. The van der Waals surface area contributed by atoms with E-state index in [1.165, 1.54) is 19.3 Å². The van der Waals surface area contributed by atoms with Crippen molar-refractivity contribution in [3.05, 3.63) is 11.9 Å². The van der Waals surface area contributed by atoms with E-state index in [2.05, 4.69) is 27.9 Å². The predicted molar refractivity (Wildman–Crippen MR) is 70.8 cm³/mol. The van der Waals surface area contributed by atoms with E-state index in [4.69, 9.17) is 0 Å². The van der Waals surface area contributed by atoms with Crippen LogP contribution in [0.15, 0.2) is 6.20 Å². The molecule has 0 radical (unpaired) electrons. The molecule has 19 heavy (non-hydrogen) atoms. The number of hydrogen-bond acceptors (Lipinski definition) is 4. The third-order valence-electron chi connectivity index (χ3n) is 4.30.